The molecule has 0 aliphatic carbocycles. The standard InChI is InChI=1S/C21H30N2O3/c1-21(2,3)17-6-4-16(5-7-17)20(25)23-11-8-15(9-12-23)19(24)22-18-10-13-26-14-18/h4-7,15,18H,8-14H2,1-3H3,(H,22,24)/t18-/m0/s1. The van der Waals surface area contributed by atoms with Crippen LogP contribution in [-0.2, 0) is 14.9 Å². The summed E-state index contributed by atoms with van der Waals surface area (Å²) < 4.78 is 5.30. The number of benzene rings is 1. The molecule has 2 heterocycles. The Labute approximate surface area is 156 Å². The van der Waals surface area contributed by atoms with Crippen LogP contribution < -0.4 is 5.32 Å². The summed E-state index contributed by atoms with van der Waals surface area (Å²) in [4.78, 5) is 27.0. The maximum absolute atomic E-state index is 12.7. The van der Waals surface area contributed by atoms with Crippen molar-refractivity contribution in [1.29, 1.82) is 0 Å². The van der Waals surface area contributed by atoms with Gasteiger partial charge in [0.05, 0.1) is 12.6 Å². The van der Waals surface area contributed by atoms with E-state index in [1.165, 1.54) is 5.56 Å². The second-order valence-corrected chi connectivity index (χ2v) is 8.46. The minimum Gasteiger partial charge on any atom is -0.379 e. The Balaban J connectivity index is 1.52. The number of rotatable bonds is 3. The second kappa shape index (κ2) is 7.78. The average Bonchev–Trinajstić information content (AvgIpc) is 3.13. The molecule has 1 aromatic carbocycles. The summed E-state index contributed by atoms with van der Waals surface area (Å²) in [7, 11) is 0. The molecule has 2 aliphatic rings. The second-order valence-electron chi connectivity index (χ2n) is 8.46. The summed E-state index contributed by atoms with van der Waals surface area (Å²) in [6, 6.07) is 8.07. The highest BCUT2D eigenvalue weighted by Gasteiger charge is 2.29. The number of ether oxygens (including phenoxy) is 1. The lowest BCUT2D eigenvalue weighted by molar-refractivity contribution is -0.127. The Morgan fingerprint density at radius 2 is 1.73 bits per heavy atom. The number of nitrogens with zero attached hydrogens (tertiary/aromatic N) is 1. The molecule has 142 valence electrons. The molecule has 1 atom stereocenters. The van der Waals surface area contributed by atoms with Gasteiger partial charge in [0.25, 0.3) is 5.91 Å². The zero-order chi connectivity index (χ0) is 18.7. The third-order valence-electron chi connectivity index (χ3n) is 5.43. The molecule has 5 nitrogen and oxygen atoms in total. The molecule has 0 radical (unpaired) electrons. The van der Waals surface area contributed by atoms with Crippen LogP contribution in [0.2, 0.25) is 0 Å². The lowest BCUT2D eigenvalue weighted by atomic mass is 9.86. The van der Waals surface area contributed by atoms with Crippen molar-refractivity contribution in [2.45, 2.75) is 51.5 Å². The van der Waals surface area contributed by atoms with Crippen molar-refractivity contribution < 1.29 is 14.3 Å². The van der Waals surface area contributed by atoms with Crippen LogP contribution in [-0.4, -0.2) is 49.1 Å². The minimum absolute atomic E-state index is 0.00270. The van der Waals surface area contributed by atoms with E-state index in [0.29, 0.717) is 19.7 Å². The van der Waals surface area contributed by atoms with E-state index in [4.69, 9.17) is 4.74 Å². The number of amides is 2. The monoisotopic (exact) mass is 358 g/mol. The molecular weight excluding hydrogens is 328 g/mol. The molecule has 2 saturated heterocycles. The molecule has 0 spiro atoms. The summed E-state index contributed by atoms with van der Waals surface area (Å²) in [6.45, 7) is 9.11. The summed E-state index contributed by atoms with van der Waals surface area (Å²) in [6.07, 6.45) is 2.35. The van der Waals surface area contributed by atoms with Crippen LogP contribution in [0.3, 0.4) is 0 Å². The largest absolute Gasteiger partial charge is 0.379 e. The zero-order valence-electron chi connectivity index (χ0n) is 16.1. The van der Waals surface area contributed by atoms with E-state index in [1.54, 1.807) is 0 Å². The number of nitrogens with one attached hydrogen (secondary N) is 1. The molecule has 2 amide bonds. The maximum Gasteiger partial charge on any atom is 0.253 e. The summed E-state index contributed by atoms with van der Waals surface area (Å²) >= 11 is 0. The fraction of sp³-hybridized carbons (Fsp3) is 0.619. The van der Waals surface area contributed by atoms with Gasteiger partial charge in [-0.15, -0.1) is 0 Å². The van der Waals surface area contributed by atoms with E-state index in [-0.39, 0.29) is 29.2 Å². The fourth-order valence-electron chi connectivity index (χ4n) is 3.61. The summed E-state index contributed by atoms with van der Waals surface area (Å²) in [5, 5.41) is 3.08. The Hall–Kier alpha value is -1.88. The number of hydrogen-bond acceptors (Lipinski definition) is 3. The first-order valence-corrected chi connectivity index (χ1v) is 9.62. The van der Waals surface area contributed by atoms with Crippen molar-refractivity contribution in [3.05, 3.63) is 35.4 Å². The number of piperidine rings is 1. The lowest BCUT2D eigenvalue weighted by Gasteiger charge is -2.32. The van der Waals surface area contributed by atoms with E-state index in [0.717, 1.165) is 31.4 Å². The highest BCUT2D eigenvalue weighted by atomic mass is 16.5. The van der Waals surface area contributed by atoms with Crippen molar-refractivity contribution >= 4 is 11.8 Å². The Morgan fingerprint density at radius 3 is 2.27 bits per heavy atom. The number of likely N-dealkylation sites (tertiary alicyclic amines) is 1. The van der Waals surface area contributed by atoms with Crippen LogP contribution in [0.5, 0.6) is 0 Å². The highest BCUT2D eigenvalue weighted by Crippen LogP contribution is 2.24. The van der Waals surface area contributed by atoms with Gasteiger partial charge in [0, 0.05) is 31.2 Å². The molecule has 2 aliphatic heterocycles. The van der Waals surface area contributed by atoms with Crippen LogP contribution >= 0.6 is 0 Å². The van der Waals surface area contributed by atoms with Crippen LogP contribution in [0.15, 0.2) is 24.3 Å². The first-order chi connectivity index (χ1) is 12.3. The molecule has 2 fully saturated rings. The normalized spacial score (nSPS) is 21.7. The van der Waals surface area contributed by atoms with Crippen molar-refractivity contribution in [3.8, 4) is 0 Å². The molecule has 0 saturated carbocycles. The summed E-state index contributed by atoms with van der Waals surface area (Å²) in [5.41, 5.74) is 2.03. The third-order valence-corrected chi connectivity index (χ3v) is 5.43. The Bertz CT molecular complexity index is 634. The van der Waals surface area contributed by atoms with E-state index in [1.807, 2.05) is 29.2 Å². The van der Waals surface area contributed by atoms with Gasteiger partial charge >= 0.3 is 0 Å². The van der Waals surface area contributed by atoms with Crippen molar-refractivity contribution in [2.24, 2.45) is 5.92 Å². The van der Waals surface area contributed by atoms with Gasteiger partial charge < -0.3 is 15.0 Å². The van der Waals surface area contributed by atoms with Gasteiger partial charge in [-0.05, 0) is 42.4 Å². The van der Waals surface area contributed by atoms with Crippen LogP contribution in [0.1, 0.15) is 56.0 Å². The lowest BCUT2D eigenvalue weighted by Crippen LogP contribution is -2.45. The maximum atomic E-state index is 12.7. The minimum atomic E-state index is 0.00270. The summed E-state index contributed by atoms with van der Waals surface area (Å²) in [5.74, 6) is 0.179. The Morgan fingerprint density at radius 1 is 1.08 bits per heavy atom. The van der Waals surface area contributed by atoms with Gasteiger partial charge in [0.2, 0.25) is 5.91 Å². The van der Waals surface area contributed by atoms with Gasteiger partial charge in [-0.1, -0.05) is 32.9 Å². The molecule has 5 heteroatoms. The van der Waals surface area contributed by atoms with E-state index >= 15 is 0 Å². The van der Waals surface area contributed by atoms with E-state index in [9.17, 15) is 9.59 Å². The van der Waals surface area contributed by atoms with Gasteiger partial charge in [0.1, 0.15) is 0 Å². The van der Waals surface area contributed by atoms with Gasteiger partial charge in [-0.3, -0.25) is 9.59 Å². The van der Waals surface area contributed by atoms with Crippen LogP contribution in [0.4, 0.5) is 0 Å². The molecule has 0 bridgehead atoms. The predicted octanol–water partition coefficient (Wildman–Crippen LogP) is 2.74. The number of carbonyl (C=O) groups is 2. The van der Waals surface area contributed by atoms with Gasteiger partial charge in [-0.25, -0.2) is 0 Å². The van der Waals surface area contributed by atoms with Crippen molar-refractivity contribution in [2.75, 3.05) is 26.3 Å². The third kappa shape index (κ3) is 4.44. The van der Waals surface area contributed by atoms with Crippen molar-refractivity contribution in [3.63, 3.8) is 0 Å². The number of carbonyl (C=O) groups excluding carboxylic acids is 2. The van der Waals surface area contributed by atoms with Crippen LogP contribution in [0.25, 0.3) is 0 Å². The molecule has 1 N–H and O–H groups in total. The molecule has 3 rings (SSSR count). The zero-order valence-corrected chi connectivity index (χ0v) is 16.1. The van der Waals surface area contributed by atoms with Gasteiger partial charge in [0.15, 0.2) is 0 Å². The molecule has 0 unspecified atom stereocenters. The smallest absolute Gasteiger partial charge is 0.253 e. The quantitative estimate of drug-likeness (QED) is 0.904. The molecule has 26 heavy (non-hydrogen) atoms. The first-order valence-electron chi connectivity index (χ1n) is 9.62. The SMILES string of the molecule is CC(C)(C)c1ccc(C(=O)N2CCC(C(=O)N[C@H]3CCOC3)CC2)cc1. The molecule has 0 aromatic heterocycles. The molecular formula is C21H30N2O3. The van der Waals surface area contributed by atoms with Gasteiger partial charge in [-0.2, -0.15) is 0 Å². The molecule has 1 aromatic rings. The fourth-order valence-corrected chi connectivity index (χ4v) is 3.61. The Kier molecular flexibility index (Phi) is 5.66. The van der Waals surface area contributed by atoms with Crippen LogP contribution in [0, 0.1) is 5.92 Å². The highest BCUT2D eigenvalue weighted by molar-refractivity contribution is 5.94. The topological polar surface area (TPSA) is 58.6 Å². The van der Waals surface area contributed by atoms with Crippen molar-refractivity contribution in [1.82, 2.24) is 10.2 Å². The first kappa shape index (κ1) is 18.9. The van der Waals surface area contributed by atoms with E-state index in [2.05, 4.69) is 26.1 Å². The average molecular weight is 358 g/mol. The van der Waals surface area contributed by atoms with E-state index < -0.39 is 0 Å². The number of hydrogen-bond donors (Lipinski definition) is 1. The predicted molar refractivity (Wildman–Crippen MR) is 101 cm³/mol.